The molecule has 1 N–H and O–H groups in total. The summed E-state index contributed by atoms with van der Waals surface area (Å²) in [5.74, 6) is -0.543. The number of carbonyl (C=O) groups excluding carboxylic acids is 1. The van der Waals surface area contributed by atoms with E-state index in [4.69, 9.17) is 9.47 Å². The van der Waals surface area contributed by atoms with Crippen molar-refractivity contribution in [2.45, 2.75) is 40.2 Å². The summed E-state index contributed by atoms with van der Waals surface area (Å²) in [6.45, 7) is 9.44. The van der Waals surface area contributed by atoms with Gasteiger partial charge in [0.05, 0.1) is 19.6 Å². The van der Waals surface area contributed by atoms with Crippen LogP contribution in [0.4, 0.5) is 0 Å². The lowest BCUT2D eigenvalue weighted by Crippen LogP contribution is -2.41. The van der Waals surface area contributed by atoms with Crippen molar-refractivity contribution in [3.05, 3.63) is 29.3 Å². The number of aliphatic hydroxyl groups is 1. The number of hydrogen-bond donors (Lipinski definition) is 1. The van der Waals surface area contributed by atoms with E-state index in [0.717, 1.165) is 5.56 Å². The molecule has 2 atom stereocenters. The normalized spacial score (nSPS) is 15.4. The van der Waals surface area contributed by atoms with Gasteiger partial charge in [0.2, 0.25) is 0 Å². The molecular formula is C17H26O4. The summed E-state index contributed by atoms with van der Waals surface area (Å²) in [5, 5.41) is 11.1. The van der Waals surface area contributed by atoms with E-state index >= 15 is 0 Å². The van der Waals surface area contributed by atoms with Crippen LogP contribution in [0.2, 0.25) is 0 Å². The van der Waals surface area contributed by atoms with Gasteiger partial charge in [0.15, 0.2) is 0 Å². The van der Waals surface area contributed by atoms with Crippen molar-refractivity contribution in [3.63, 3.8) is 0 Å². The first-order valence-corrected chi connectivity index (χ1v) is 7.29. The van der Waals surface area contributed by atoms with Gasteiger partial charge >= 0.3 is 5.97 Å². The van der Waals surface area contributed by atoms with Crippen LogP contribution < -0.4 is 4.74 Å². The number of methoxy groups -OCH3 is 1. The first kappa shape index (κ1) is 17.5. The lowest BCUT2D eigenvalue weighted by atomic mass is 9.76. The van der Waals surface area contributed by atoms with Crippen molar-refractivity contribution in [3.8, 4) is 5.75 Å². The van der Waals surface area contributed by atoms with Gasteiger partial charge in [-0.05, 0) is 38.8 Å². The highest BCUT2D eigenvalue weighted by Crippen LogP contribution is 2.40. The standard InChI is InChI=1S/C17H26O4/c1-7-21-16(18)15(11(2)3)17(5,19)13-10-12(4)8-9-14(13)20-6/h8-11,15,19H,7H2,1-6H3. The van der Waals surface area contributed by atoms with Crippen LogP contribution in [0.25, 0.3) is 0 Å². The zero-order valence-electron chi connectivity index (χ0n) is 13.8. The van der Waals surface area contributed by atoms with E-state index in [2.05, 4.69) is 0 Å². The van der Waals surface area contributed by atoms with Gasteiger partial charge in [-0.1, -0.05) is 25.5 Å². The highest BCUT2D eigenvalue weighted by atomic mass is 16.5. The van der Waals surface area contributed by atoms with Gasteiger partial charge in [-0.15, -0.1) is 0 Å². The predicted molar refractivity (Wildman–Crippen MR) is 82.3 cm³/mol. The highest BCUT2D eigenvalue weighted by Gasteiger charge is 2.43. The highest BCUT2D eigenvalue weighted by molar-refractivity contribution is 5.75. The predicted octanol–water partition coefficient (Wildman–Crippen LogP) is 3.05. The van der Waals surface area contributed by atoms with E-state index in [1.165, 1.54) is 0 Å². The minimum absolute atomic E-state index is 0.0655. The number of benzene rings is 1. The van der Waals surface area contributed by atoms with E-state index in [1.54, 1.807) is 21.0 Å². The van der Waals surface area contributed by atoms with E-state index in [-0.39, 0.29) is 11.9 Å². The Kier molecular flexibility index (Phi) is 5.78. The molecule has 0 aliphatic heterocycles. The topological polar surface area (TPSA) is 55.8 Å². The van der Waals surface area contributed by atoms with Crippen molar-refractivity contribution < 1.29 is 19.4 Å². The molecule has 1 aromatic rings. The summed E-state index contributed by atoms with van der Waals surface area (Å²) in [6.07, 6.45) is 0. The van der Waals surface area contributed by atoms with E-state index < -0.39 is 11.5 Å². The van der Waals surface area contributed by atoms with Crippen molar-refractivity contribution >= 4 is 5.97 Å². The molecule has 21 heavy (non-hydrogen) atoms. The molecule has 0 spiro atoms. The second-order valence-electron chi connectivity index (χ2n) is 5.82. The molecule has 0 aliphatic carbocycles. The summed E-state index contributed by atoms with van der Waals surface area (Å²) < 4.78 is 10.5. The van der Waals surface area contributed by atoms with Gasteiger partial charge in [0.25, 0.3) is 0 Å². The molecule has 4 nitrogen and oxygen atoms in total. The monoisotopic (exact) mass is 294 g/mol. The van der Waals surface area contributed by atoms with Crippen LogP contribution in [0, 0.1) is 18.8 Å². The van der Waals surface area contributed by atoms with Gasteiger partial charge in [-0.25, -0.2) is 0 Å². The fraction of sp³-hybridized carbons (Fsp3) is 0.588. The SMILES string of the molecule is CCOC(=O)C(C(C)C)C(C)(O)c1cc(C)ccc1OC. The summed E-state index contributed by atoms with van der Waals surface area (Å²) >= 11 is 0. The molecule has 118 valence electrons. The quantitative estimate of drug-likeness (QED) is 0.819. The van der Waals surface area contributed by atoms with Gasteiger partial charge in [0.1, 0.15) is 11.4 Å². The third kappa shape index (κ3) is 3.76. The van der Waals surface area contributed by atoms with Crippen LogP contribution >= 0.6 is 0 Å². The minimum atomic E-state index is -1.36. The van der Waals surface area contributed by atoms with Crippen LogP contribution in [0.3, 0.4) is 0 Å². The smallest absolute Gasteiger partial charge is 0.312 e. The maximum Gasteiger partial charge on any atom is 0.312 e. The minimum Gasteiger partial charge on any atom is -0.496 e. The number of aryl methyl sites for hydroxylation is 1. The Bertz CT molecular complexity index is 492. The van der Waals surface area contributed by atoms with Crippen LogP contribution in [0.5, 0.6) is 5.75 Å². The molecule has 1 rings (SSSR count). The Morgan fingerprint density at radius 3 is 2.48 bits per heavy atom. The van der Waals surface area contributed by atoms with Crippen molar-refractivity contribution in [1.29, 1.82) is 0 Å². The Labute approximate surface area is 127 Å². The average molecular weight is 294 g/mol. The Morgan fingerprint density at radius 1 is 1.38 bits per heavy atom. The van der Waals surface area contributed by atoms with Crippen LogP contribution in [0.15, 0.2) is 18.2 Å². The number of esters is 1. The number of rotatable bonds is 6. The maximum absolute atomic E-state index is 12.3. The second-order valence-corrected chi connectivity index (χ2v) is 5.82. The van der Waals surface area contributed by atoms with Gasteiger partial charge in [-0.3, -0.25) is 4.79 Å². The van der Waals surface area contributed by atoms with Crippen LogP contribution in [-0.4, -0.2) is 24.8 Å². The van der Waals surface area contributed by atoms with Gasteiger partial charge < -0.3 is 14.6 Å². The molecule has 0 fully saturated rings. The zero-order valence-corrected chi connectivity index (χ0v) is 13.8. The largest absolute Gasteiger partial charge is 0.496 e. The summed E-state index contributed by atoms with van der Waals surface area (Å²) in [4.78, 5) is 12.3. The molecule has 0 radical (unpaired) electrons. The van der Waals surface area contributed by atoms with E-state index in [0.29, 0.717) is 17.9 Å². The summed E-state index contributed by atoms with van der Waals surface area (Å²) in [6, 6.07) is 5.57. The van der Waals surface area contributed by atoms with Crippen molar-refractivity contribution in [1.82, 2.24) is 0 Å². The number of hydrogen-bond acceptors (Lipinski definition) is 4. The fourth-order valence-electron chi connectivity index (χ4n) is 2.77. The van der Waals surface area contributed by atoms with Crippen LogP contribution in [-0.2, 0) is 15.1 Å². The fourth-order valence-corrected chi connectivity index (χ4v) is 2.77. The zero-order chi connectivity index (χ0) is 16.2. The molecule has 1 aromatic carbocycles. The first-order chi connectivity index (χ1) is 9.75. The maximum atomic E-state index is 12.3. The molecule has 0 amide bonds. The molecule has 4 heteroatoms. The molecule has 0 aromatic heterocycles. The molecule has 2 unspecified atom stereocenters. The van der Waals surface area contributed by atoms with E-state index in [9.17, 15) is 9.90 Å². The molecule has 0 heterocycles. The Morgan fingerprint density at radius 2 is 2.00 bits per heavy atom. The van der Waals surface area contributed by atoms with Crippen molar-refractivity contribution in [2.75, 3.05) is 13.7 Å². The third-order valence-electron chi connectivity index (χ3n) is 3.71. The Hall–Kier alpha value is -1.55. The first-order valence-electron chi connectivity index (χ1n) is 7.29. The van der Waals surface area contributed by atoms with Gasteiger partial charge in [0, 0.05) is 5.56 Å². The van der Waals surface area contributed by atoms with E-state index in [1.807, 2.05) is 39.0 Å². The Balaban J connectivity index is 3.34. The van der Waals surface area contributed by atoms with Crippen molar-refractivity contribution in [2.24, 2.45) is 11.8 Å². The molecule has 0 saturated heterocycles. The summed E-state index contributed by atoms with van der Waals surface area (Å²) in [5.41, 5.74) is 0.242. The lowest BCUT2D eigenvalue weighted by molar-refractivity contribution is -0.161. The van der Waals surface area contributed by atoms with Gasteiger partial charge in [-0.2, -0.15) is 0 Å². The number of ether oxygens (including phenoxy) is 2. The lowest BCUT2D eigenvalue weighted by Gasteiger charge is -2.35. The molecule has 0 aliphatic rings. The average Bonchev–Trinajstić information content (AvgIpc) is 2.38. The molecule has 0 saturated carbocycles. The molecule has 0 bridgehead atoms. The number of carbonyl (C=O) groups is 1. The second kappa shape index (κ2) is 6.94. The third-order valence-corrected chi connectivity index (χ3v) is 3.71. The van der Waals surface area contributed by atoms with Crippen LogP contribution in [0.1, 0.15) is 38.8 Å². The molecular weight excluding hydrogens is 268 g/mol. The summed E-state index contributed by atoms with van der Waals surface area (Å²) in [7, 11) is 1.55.